The Morgan fingerprint density at radius 3 is 2.60 bits per heavy atom. The maximum atomic E-state index is 12.6. The summed E-state index contributed by atoms with van der Waals surface area (Å²) < 4.78 is 5.53. The van der Waals surface area contributed by atoms with E-state index < -0.39 is 16.8 Å². The highest BCUT2D eigenvalue weighted by molar-refractivity contribution is 8.00. The molecule has 0 radical (unpaired) electrons. The lowest BCUT2D eigenvalue weighted by molar-refractivity contribution is -0.384. The van der Waals surface area contributed by atoms with Gasteiger partial charge in [0, 0.05) is 23.4 Å². The number of thioether (sulfide) groups is 1. The third-order valence-electron chi connectivity index (χ3n) is 3.73. The number of non-ortho nitro benzene ring substituents is 1. The second-order valence-corrected chi connectivity index (χ2v) is 8.05. The van der Waals surface area contributed by atoms with Crippen molar-refractivity contribution < 1.29 is 19.2 Å². The number of nitro groups is 1. The van der Waals surface area contributed by atoms with Gasteiger partial charge in [-0.1, -0.05) is 53.4 Å². The average Bonchev–Trinajstić information content (AvgIpc) is 3.20. The number of carbonyl (C=O) groups is 2. The number of aromatic nitrogens is 2. The number of nitro benzene ring substituents is 1. The van der Waals surface area contributed by atoms with Crippen LogP contribution in [0.1, 0.15) is 33.2 Å². The van der Waals surface area contributed by atoms with Crippen LogP contribution in [0.2, 0.25) is 0 Å². The molecule has 1 aromatic heterocycles. The molecule has 0 atom stereocenters. The highest BCUT2D eigenvalue weighted by atomic mass is 32.2. The number of hydrogen-bond acceptors (Lipinski definition) is 9. The maximum Gasteiger partial charge on any atom is 0.338 e. The third-order valence-corrected chi connectivity index (χ3v) is 5.78. The topological polar surface area (TPSA) is 124 Å². The van der Waals surface area contributed by atoms with E-state index in [4.69, 9.17) is 4.74 Å². The number of nitrogens with one attached hydrogen (secondary N) is 1. The number of carbonyl (C=O) groups excluding carboxylic acids is 2. The van der Waals surface area contributed by atoms with Crippen molar-refractivity contribution in [2.45, 2.75) is 17.0 Å². The van der Waals surface area contributed by atoms with Gasteiger partial charge in [0.15, 0.2) is 4.34 Å². The molecule has 11 heteroatoms. The Kier molecular flexibility index (Phi) is 7.09. The van der Waals surface area contributed by atoms with Crippen LogP contribution >= 0.6 is 23.1 Å². The van der Waals surface area contributed by atoms with Crippen molar-refractivity contribution in [3.63, 3.8) is 0 Å². The molecule has 0 saturated carbocycles. The molecular formula is C19H16N4O5S2. The molecule has 0 aliphatic carbocycles. The zero-order chi connectivity index (χ0) is 21.5. The zero-order valence-electron chi connectivity index (χ0n) is 15.7. The molecule has 3 aromatic rings. The Balaban J connectivity index is 1.71. The van der Waals surface area contributed by atoms with E-state index in [0.717, 1.165) is 17.7 Å². The third kappa shape index (κ3) is 5.61. The Hall–Kier alpha value is -3.31. The van der Waals surface area contributed by atoms with E-state index in [-0.39, 0.29) is 28.6 Å². The molecule has 1 amide bonds. The lowest BCUT2D eigenvalue weighted by Crippen LogP contribution is -2.14. The second kappa shape index (κ2) is 9.94. The molecule has 0 bridgehead atoms. The first-order valence-electron chi connectivity index (χ1n) is 8.74. The summed E-state index contributed by atoms with van der Waals surface area (Å²) in [4.78, 5) is 35.0. The standard InChI is InChI=1S/C19H16N4O5S2/c1-2-28-17(25)14-8-13(9-15(10-14)23(26)27)16(24)20-18-21-22-19(30-18)29-11-12-6-4-3-5-7-12/h3-10H,2,11H2,1H3,(H,20,21,24). The fraction of sp³-hybridized carbons (Fsp3) is 0.158. The lowest BCUT2D eigenvalue weighted by atomic mass is 10.1. The van der Waals surface area contributed by atoms with Gasteiger partial charge in [-0.05, 0) is 18.6 Å². The number of esters is 1. The summed E-state index contributed by atoms with van der Waals surface area (Å²) in [6, 6.07) is 13.2. The van der Waals surface area contributed by atoms with Crippen molar-refractivity contribution in [1.82, 2.24) is 10.2 Å². The first kappa shape index (κ1) is 21.4. The van der Waals surface area contributed by atoms with Gasteiger partial charge in [0.1, 0.15) is 0 Å². The number of hydrogen-bond donors (Lipinski definition) is 1. The molecule has 0 fully saturated rings. The molecule has 0 aliphatic rings. The molecular weight excluding hydrogens is 428 g/mol. The Bertz CT molecular complexity index is 1070. The fourth-order valence-electron chi connectivity index (χ4n) is 2.39. The van der Waals surface area contributed by atoms with Crippen LogP contribution in [0.4, 0.5) is 10.8 Å². The molecule has 0 saturated heterocycles. The van der Waals surface area contributed by atoms with Gasteiger partial charge in [-0.15, -0.1) is 10.2 Å². The van der Waals surface area contributed by atoms with Gasteiger partial charge in [0.2, 0.25) is 5.13 Å². The second-order valence-electron chi connectivity index (χ2n) is 5.85. The zero-order valence-corrected chi connectivity index (χ0v) is 17.4. The number of anilines is 1. The van der Waals surface area contributed by atoms with E-state index in [2.05, 4.69) is 15.5 Å². The lowest BCUT2D eigenvalue weighted by Gasteiger charge is -2.05. The first-order valence-corrected chi connectivity index (χ1v) is 10.5. The summed E-state index contributed by atoms with van der Waals surface area (Å²) in [5.74, 6) is -0.678. The van der Waals surface area contributed by atoms with E-state index >= 15 is 0 Å². The largest absolute Gasteiger partial charge is 0.462 e. The van der Waals surface area contributed by atoms with Crippen LogP contribution < -0.4 is 5.32 Å². The molecule has 1 N–H and O–H groups in total. The van der Waals surface area contributed by atoms with Crippen molar-refractivity contribution in [2.75, 3.05) is 11.9 Å². The van der Waals surface area contributed by atoms with Crippen molar-refractivity contribution >= 4 is 45.8 Å². The van der Waals surface area contributed by atoms with E-state index in [9.17, 15) is 19.7 Å². The summed E-state index contributed by atoms with van der Waals surface area (Å²) in [6.07, 6.45) is 0. The van der Waals surface area contributed by atoms with Gasteiger partial charge in [-0.2, -0.15) is 0 Å². The van der Waals surface area contributed by atoms with Crippen LogP contribution in [0.15, 0.2) is 52.9 Å². The van der Waals surface area contributed by atoms with E-state index in [1.807, 2.05) is 30.3 Å². The van der Waals surface area contributed by atoms with Crippen LogP contribution in [0.3, 0.4) is 0 Å². The molecule has 0 aliphatic heterocycles. The average molecular weight is 444 g/mol. The smallest absolute Gasteiger partial charge is 0.338 e. The number of ether oxygens (including phenoxy) is 1. The van der Waals surface area contributed by atoms with Crippen molar-refractivity contribution in [1.29, 1.82) is 0 Å². The Morgan fingerprint density at radius 1 is 1.17 bits per heavy atom. The summed E-state index contributed by atoms with van der Waals surface area (Å²) in [6.45, 7) is 1.73. The summed E-state index contributed by atoms with van der Waals surface area (Å²) >= 11 is 2.67. The van der Waals surface area contributed by atoms with Crippen LogP contribution in [-0.4, -0.2) is 33.6 Å². The molecule has 9 nitrogen and oxygen atoms in total. The minimum Gasteiger partial charge on any atom is -0.462 e. The maximum absolute atomic E-state index is 12.6. The number of benzene rings is 2. The van der Waals surface area contributed by atoms with Crippen LogP contribution in [0.25, 0.3) is 0 Å². The van der Waals surface area contributed by atoms with Gasteiger partial charge < -0.3 is 4.74 Å². The number of nitrogens with zero attached hydrogens (tertiary/aromatic N) is 3. The monoisotopic (exact) mass is 444 g/mol. The first-order chi connectivity index (χ1) is 14.5. The van der Waals surface area contributed by atoms with Crippen molar-refractivity contribution in [2.24, 2.45) is 0 Å². The molecule has 30 heavy (non-hydrogen) atoms. The minimum absolute atomic E-state index is 0.0547. The number of rotatable bonds is 8. The Morgan fingerprint density at radius 2 is 1.90 bits per heavy atom. The normalized spacial score (nSPS) is 10.4. The van der Waals surface area contributed by atoms with Gasteiger partial charge in [-0.3, -0.25) is 20.2 Å². The molecule has 0 spiro atoms. The SMILES string of the molecule is CCOC(=O)c1cc(C(=O)Nc2nnc(SCc3ccccc3)s2)cc([N+](=O)[O-])c1. The quantitative estimate of drug-likeness (QED) is 0.180. The van der Waals surface area contributed by atoms with Gasteiger partial charge in [0.25, 0.3) is 11.6 Å². The van der Waals surface area contributed by atoms with Crippen LogP contribution in [-0.2, 0) is 10.5 Å². The molecule has 1 heterocycles. The van der Waals surface area contributed by atoms with Crippen molar-refractivity contribution in [3.05, 3.63) is 75.3 Å². The summed E-state index contributed by atoms with van der Waals surface area (Å²) in [5, 5.41) is 21.9. The molecule has 2 aromatic carbocycles. The highest BCUT2D eigenvalue weighted by Crippen LogP contribution is 2.28. The predicted octanol–water partition coefficient (Wildman–Crippen LogP) is 4.17. The van der Waals surface area contributed by atoms with Gasteiger partial charge in [-0.25, -0.2) is 4.79 Å². The number of amides is 1. The van der Waals surface area contributed by atoms with E-state index in [1.165, 1.54) is 29.2 Å². The predicted molar refractivity (Wildman–Crippen MR) is 113 cm³/mol. The van der Waals surface area contributed by atoms with E-state index in [1.54, 1.807) is 6.92 Å². The minimum atomic E-state index is -0.745. The van der Waals surface area contributed by atoms with E-state index in [0.29, 0.717) is 10.1 Å². The molecule has 0 unspecified atom stereocenters. The summed E-state index contributed by atoms with van der Waals surface area (Å²) in [5.41, 5.74) is 0.613. The fourth-order valence-corrected chi connectivity index (χ4v) is 4.09. The van der Waals surface area contributed by atoms with Gasteiger partial charge in [0.05, 0.1) is 17.1 Å². The highest BCUT2D eigenvalue weighted by Gasteiger charge is 2.19. The molecule has 154 valence electrons. The van der Waals surface area contributed by atoms with Crippen LogP contribution in [0.5, 0.6) is 0 Å². The summed E-state index contributed by atoms with van der Waals surface area (Å²) in [7, 11) is 0. The van der Waals surface area contributed by atoms with Gasteiger partial charge >= 0.3 is 5.97 Å². The molecule has 3 rings (SSSR count). The van der Waals surface area contributed by atoms with Crippen LogP contribution in [0, 0.1) is 10.1 Å². The van der Waals surface area contributed by atoms with Crippen molar-refractivity contribution in [3.8, 4) is 0 Å². The Labute approximate surface area is 179 Å².